The average molecular weight is 349 g/mol. The fourth-order valence-electron chi connectivity index (χ4n) is 1.74. The van der Waals surface area contributed by atoms with Gasteiger partial charge >= 0.3 is 12.1 Å². The summed E-state index contributed by atoms with van der Waals surface area (Å²) in [4.78, 5) is 11.3. The molecule has 2 rings (SSSR count). The molecule has 0 aliphatic heterocycles. The molecule has 0 saturated heterocycles. The zero-order valence-corrected chi connectivity index (χ0v) is 12.3. The van der Waals surface area contributed by atoms with E-state index < -0.39 is 28.5 Å². The number of benzene rings is 2. The van der Waals surface area contributed by atoms with Gasteiger partial charge < -0.3 is 9.47 Å². The third kappa shape index (κ3) is 3.92. The van der Waals surface area contributed by atoms with Crippen molar-refractivity contribution in [2.24, 2.45) is 0 Å². The normalized spacial score (nSPS) is 11.2. The maximum Gasteiger partial charge on any atom is 0.417 e. The van der Waals surface area contributed by atoms with Gasteiger partial charge in [-0.25, -0.2) is 9.18 Å². The maximum absolute atomic E-state index is 13.9. The van der Waals surface area contributed by atoms with Crippen LogP contribution in [0.1, 0.15) is 15.9 Å². The number of halogens is 5. The van der Waals surface area contributed by atoms with Crippen LogP contribution in [0.3, 0.4) is 0 Å². The summed E-state index contributed by atoms with van der Waals surface area (Å²) in [6, 6.07) is 6.04. The molecule has 0 bridgehead atoms. The van der Waals surface area contributed by atoms with Gasteiger partial charge in [0.2, 0.25) is 0 Å². The number of carbonyl (C=O) groups excluding carboxylic acids is 1. The molecule has 0 atom stereocenters. The van der Waals surface area contributed by atoms with Gasteiger partial charge in [-0.3, -0.25) is 0 Å². The van der Waals surface area contributed by atoms with E-state index in [2.05, 4.69) is 4.74 Å². The van der Waals surface area contributed by atoms with Crippen molar-refractivity contribution in [3.63, 3.8) is 0 Å². The van der Waals surface area contributed by atoms with E-state index in [-0.39, 0.29) is 17.1 Å². The van der Waals surface area contributed by atoms with E-state index in [1.807, 2.05) is 0 Å². The molecule has 0 saturated carbocycles. The predicted octanol–water partition coefficient (Wildman–Crippen LogP) is 5.08. The number of esters is 1. The summed E-state index contributed by atoms with van der Waals surface area (Å²) in [5, 5.41) is -0.494. The minimum Gasteiger partial charge on any atom is -0.465 e. The summed E-state index contributed by atoms with van der Waals surface area (Å²) in [5.41, 5.74) is -1.15. The largest absolute Gasteiger partial charge is 0.465 e. The Hall–Kier alpha value is -2.28. The number of ether oxygens (including phenoxy) is 2. The summed E-state index contributed by atoms with van der Waals surface area (Å²) >= 11 is 5.49. The first-order valence-electron chi connectivity index (χ1n) is 6.15. The van der Waals surface area contributed by atoms with Gasteiger partial charge in [-0.1, -0.05) is 11.6 Å². The molecule has 3 nitrogen and oxygen atoms in total. The van der Waals surface area contributed by atoms with Crippen molar-refractivity contribution in [2.75, 3.05) is 7.11 Å². The van der Waals surface area contributed by atoms with Crippen LogP contribution in [0.25, 0.3) is 0 Å². The molecule has 2 aromatic carbocycles. The van der Waals surface area contributed by atoms with Gasteiger partial charge in [0.05, 0.1) is 23.3 Å². The maximum atomic E-state index is 13.9. The second kappa shape index (κ2) is 6.45. The van der Waals surface area contributed by atoms with Crippen LogP contribution in [0.15, 0.2) is 36.4 Å². The highest BCUT2D eigenvalue weighted by Crippen LogP contribution is 2.38. The molecule has 8 heteroatoms. The molecule has 0 aromatic heterocycles. The average Bonchev–Trinajstić information content (AvgIpc) is 2.49. The highest BCUT2D eigenvalue weighted by Gasteiger charge is 2.33. The highest BCUT2D eigenvalue weighted by atomic mass is 35.5. The Labute approximate surface area is 133 Å². The van der Waals surface area contributed by atoms with E-state index >= 15 is 0 Å². The van der Waals surface area contributed by atoms with Crippen molar-refractivity contribution in [3.05, 3.63) is 58.4 Å². The standard InChI is InChI=1S/C15H9ClF4O3/c1-22-14(21)8-2-5-13(12(17)6-8)23-9-3-4-11(16)10(7-9)15(18,19)20/h2-7H,1H3. The van der Waals surface area contributed by atoms with E-state index in [1.54, 1.807) is 0 Å². The molecular weight excluding hydrogens is 340 g/mol. The van der Waals surface area contributed by atoms with Crippen LogP contribution in [-0.2, 0) is 10.9 Å². The van der Waals surface area contributed by atoms with E-state index in [9.17, 15) is 22.4 Å². The van der Waals surface area contributed by atoms with Crippen LogP contribution in [0.5, 0.6) is 11.5 Å². The predicted molar refractivity (Wildman–Crippen MR) is 74.3 cm³/mol. The molecular formula is C15H9ClF4O3. The molecule has 0 aliphatic carbocycles. The summed E-state index contributed by atoms with van der Waals surface area (Å²) in [5.74, 6) is -2.25. The monoisotopic (exact) mass is 348 g/mol. The number of rotatable bonds is 3. The van der Waals surface area contributed by atoms with E-state index in [0.29, 0.717) is 6.07 Å². The first-order valence-corrected chi connectivity index (χ1v) is 6.52. The first kappa shape index (κ1) is 17.1. The topological polar surface area (TPSA) is 35.5 Å². The van der Waals surface area contributed by atoms with Gasteiger partial charge in [0.15, 0.2) is 11.6 Å². The van der Waals surface area contributed by atoms with Crippen LogP contribution in [0.4, 0.5) is 17.6 Å². The van der Waals surface area contributed by atoms with Crippen LogP contribution < -0.4 is 4.74 Å². The van der Waals surface area contributed by atoms with Gasteiger partial charge in [-0.15, -0.1) is 0 Å². The summed E-state index contributed by atoms with van der Waals surface area (Å²) in [7, 11) is 1.14. The van der Waals surface area contributed by atoms with Crippen LogP contribution in [0.2, 0.25) is 5.02 Å². The zero-order valence-electron chi connectivity index (χ0n) is 11.6. The Morgan fingerprint density at radius 1 is 1.13 bits per heavy atom. The lowest BCUT2D eigenvalue weighted by Crippen LogP contribution is -2.06. The van der Waals surface area contributed by atoms with Crippen LogP contribution in [0, 0.1) is 5.82 Å². The minimum atomic E-state index is -4.66. The Morgan fingerprint density at radius 2 is 1.83 bits per heavy atom. The summed E-state index contributed by atoms with van der Waals surface area (Å²) < 4.78 is 61.7. The molecule has 0 amide bonds. The Morgan fingerprint density at radius 3 is 2.39 bits per heavy atom. The van der Waals surface area contributed by atoms with Crippen molar-refractivity contribution >= 4 is 17.6 Å². The lowest BCUT2D eigenvalue weighted by Gasteiger charge is -2.12. The summed E-state index contributed by atoms with van der Waals surface area (Å²) in [6.07, 6.45) is -4.66. The van der Waals surface area contributed by atoms with Crippen molar-refractivity contribution in [2.45, 2.75) is 6.18 Å². The van der Waals surface area contributed by atoms with Gasteiger partial charge in [0.25, 0.3) is 0 Å². The van der Waals surface area contributed by atoms with Crippen LogP contribution in [-0.4, -0.2) is 13.1 Å². The quantitative estimate of drug-likeness (QED) is 0.573. The van der Waals surface area contributed by atoms with Crippen molar-refractivity contribution in [1.82, 2.24) is 0 Å². The zero-order chi connectivity index (χ0) is 17.2. The van der Waals surface area contributed by atoms with Crippen molar-refractivity contribution < 1.29 is 31.8 Å². The van der Waals surface area contributed by atoms with Crippen LogP contribution >= 0.6 is 11.6 Å². The smallest absolute Gasteiger partial charge is 0.417 e. The minimum absolute atomic E-state index is 0.0514. The number of hydrogen-bond donors (Lipinski definition) is 0. The molecule has 122 valence electrons. The Bertz CT molecular complexity index is 744. The Kier molecular flexibility index (Phi) is 4.79. The first-order chi connectivity index (χ1) is 10.7. The third-order valence-electron chi connectivity index (χ3n) is 2.82. The molecule has 2 aromatic rings. The van der Waals surface area contributed by atoms with E-state index in [0.717, 1.165) is 25.3 Å². The number of carbonyl (C=O) groups is 1. The van der Waals surface area contributed by atoms with E-state index in [1.165, 1.54) is 12.1 Å². The molecule has 0 spiro atoms. The molecule has 0 heterocycles. The summed E-state index contributed by atoms with van der Waals surface area (Å²) in [6.45, 7) is 0. The molecule has 0 fully saturated rings. The van der Waals surface area contributed by atoms with Gasteiger partial charge in [-0.05, 0) is 36.4 Å². The fraction of sp³-hybridized carbons (Fsp3) is 0.133. The Balaban J connectivity index is 2.31. The molecule has 0 radical (unpaired) electrons. The van der Waals surface area contributed by atoms with Crippen molar-refractivity contribution in [3.8, 4) is 11.5 Å². The third-order valence-corrected chi connectivity index (χ3v) is 3.15. The molecule has 0 unspecified atom stereocenters. The van der Waals surface area contributed by atoms with Gasteiger partial charge in [0.1, 0.15) is 5.75 Å². The SMILES string of the molecule is COC(=O)c1ccc(Oc2ccc(Cl)c(C(F)(F)F)c2)c(F)c1. The molecule has 23 heavy (non-hydrogen) atoms. The number of methoxy groups -OCH3 is 1. The number of hydrogen-bond acceptors (Lipinski definition) is 3. The highest BCUT2D eigenvalue weighted by molar-refractivity contribution is 6.31. The van der Waals surface area contributed by atoms with Crippen molar-refractivity contribution in [1.29, 1.82) is 0 Å². The van der Waals surface area contributed by atoms with E-state index in [4.69, 9.17) is 16.3 Å². The molecule has 0 N–H and O–H groups in total. The second-order valence-electron chi connectivity index (χ2n) is 4.38. The van der Waals surface area contributed by atoms with Gasteiger partial charge in [0, 0.05) is 0 Å². The fourth-order valence-corrected chi connectivity index (χ4v) is 1.97. The number of alkyl halides is 3. The van der Waals surface area contributed by atoms with Gasteiger partial charge in [-0.2, -0.15) is 13.2 Å². The lowest BCUT2D eigenvalue weighted by molar-refractivity contribution is -0.137. The second-order valence-corrected chi connectivity index (χ2v) is 4.79. The molecule has 0 aliphatic rings. The lowest BCUT2D eigenvalue weighted by atomic mass is 10.2.